The maximum atomic E-state index is 11.7. The van der Waals surface area contributed by atoms with Crippen LogP contribution in [0.1, 0.15) is 38.5 Å². The Labute approximate surface area is 348 Å². The number of primary amides is 2. The summed E-state index contributed by atoms with van der Waals surface area (Å²) < 4.78 is 45.8. The van der Waals surface area contributed by atoms with Crippen molar-refractivity contribution in [2.75, 3.05) is 60.4 Å². The van der Waals surface area contributed by atoms with Crippen molar-refractivity contribution in [2.24, 2.45) is 11.5 Å². The van der Waals surface area contributed by atoms with Crippen molar-refractivity contribution in [3.05, 3.63) is 0 Å². The molecule has 0 radical (unpaired) electrons. The molecule has 0 aromatic heterocycles. The summed E-state index contributed by atoms with van der Waals surface area (Å²) in [4.78, 5) is 74.2. The topological polar surface area (TPSA) is 364 Å². The van der Waals surface area contributed by atoms with Gasteiger partial charge in [0.2, 0.25) is 0 Å². The second-order valence-electron chi connectivity index (χ2n) is 10.6. The molecule has 0 aliphatic carbocycles. The average Bonchev–Trinajstić information content (AvgIpc) is 3.88. The molecule has 3 heterocycles. The van der Waals surface area contributed by atoms with Crippen LogP contribution in [0.25, 0.3) is 0 Å². The van der Waals surface area contributed by atoms with Crippen molar-refractivity contribution in [1.82, 2.24) is 21.3 Å². The van der Waals surface area contributed by atoms with Crippen LogP contribution in [0, 0.1) is 0 Å². The Kier molecular flexibility index (Phi) is 32.8. The summed E-state index contributed by atoms with van der Waals surface area (Å²) in [6, 6.07) is 0. The summed E-state index contributed by atoms with van der Waals surface area (Å²) >= 11 is 0. The van der Waals surface area contributed by atoms with E-state index in [2.05, 4.69) is 30.7 Å². The Hall–Kier alpha value is -3.27. The number of nitrogens with two attached hydrogens (primary N) is 2. The molecule has 6 amide bonds. The molecule has 0 spiro atoms. The van der Waals surface area contributed by atoms with E-state index in [0.717, 1.165) is 12.8 Å². The molecule has 3 rings (SSSR count). The number of hydrogen-bond acceptors (Lipinski definition) is 17. The predicted octanol–water partition coefficient (Wildman–Crippen LogP) is -4.25. The first-order chi connectivity index (χ1) is 24.0. The molecule has 6 atom stereocenters. The summed E-state index contributed by atoms with van der Waals surface area (Å²) in [5.74, 6) is 0. The zero-order valence-electron chi connectivity index (χ0n) is 30.0. The fourth-order valence-corrected chi connectivity index (χ4v) is 4.54. The molecule has 53 heavy (non-hydrogen) atoms. The van der Waals surface area contributed by atoms with Crippen molar-refractivity contribution < 1.29 is 139 Å². The standard InChI is InChI=1S/C19H32N4O10.C8H14N2O5.CH2O.K.2H2O/c1-20-16(24)28-7-12-3-5-14(32-12)9-30-18(26)22-11-23-19(27)31-10-15-6-4-13(33-15)8-29-17(25)21-2;9-7(11)13-3-5-1-2-6(15-5)4-14-8(10)12;1-2;;;/h12-15H,3-11H2,1-2H3,(H,20,24)(H,21,25)(H,22,26)(H,23,27);5-6H,1-4H2,(H2,9,11)(H2,10,12);1H2;;2*1H2/q;;;+1;;/p-1. The Morgan fingerprint density at radius 2 is 0.755 bits per heavy atom. The predicted molar refractivity (Wildman–Crippen MR) is 172 cm³/mol. The molecular formula is C28H51KN6O18. The van der Waals surface area contributed by atoms with Gasteiger partial charge in [-0.15, -0.1) is 0 Å². The molecule has 0 aromatic rings. The van der Waals surface area contributed by atoms with Crippen LogP contribution < -0.4 is 84.1 Å². The molecule has 0 saturated carbocycles. The van der Waals surface area contributed by atoms with Crippen LogP contribution in [0.3, 0.4) is 0 Å². The summed E-state index contributed by atoms with van der Waals surface area (Å²) in [5.41, 5.74) is 9.60. The molecule has 0 aromatic carbocycles. The van der Waals surface area contributed by atoms with Crippen molar-refractivity contribution in [3.8, 4) is 0 Å². The number of carbonyl (C=O) groups is 7. The second kappa shape index (κ2) is 32.2. The first kappa shape index (κ1) is 54.1. The number of nitrogens with one attached hydrogen (secondary N) is 4. The normalized spacial score (nSPS) is 21.9. The molecule has 6 unspecified atom stereocenters. The van der Waals surface area contributed by atoms with Gasteiger partial charge in [-0.1, -0.05) is 0 Å². The molecule has 24 nitrogen and oxygen atoms in total. The number of rotatable bonds is 14. The van der Waals surface area contributed by atoms with Crippen LogP contribution in [0.2, 0.25) is 0 Å². The van der Waals surface area contributed by atoms with E-state index in [4.69, 9.17) is 49.4 Å². The Morgan fingerprint density at radius 1 is 0.528 bits per heavy atom. The van der Waals surface area contributed by atoms with E-state index in [-0.39, 0.29) is 145 Å². The number of hydrogen-bond donors (Lipinski definition) is 6. The number of carbonyl (C=O) groups excluding carboxylic acids is 7. The SMILES string of the molecule is C=O.CNC(=O)OCC1CCC(COC(=O)NCNC(=O)OCC2CCC(COC(=O)NC)O2)O1.NC(=O)OCC1CCC(COC(N)=O)O1.O.[K+].[OH-]. The van der Waals surface area contributed by atoms with E-state index < -0.39 is 36.6 Å². The van der Waals surface area contributed by atoms with Crippen LogP contribution in [0.4, 0.5) is 28.8 Å². The van der Waals surface area contributed by atoms with Crippen molar-refractivity contribution >= 4 is 43.3 Å². The molecule has 302 valence electrons. The van der Waals surface area contributed by atoms with E-state index >= 15 is 0 Å². The Bertz CT molecular complexity index is 1000. The zero-order chi connectivity index (χ0) is 37.3. The first-order valence-corrected chi connectivity index (χ1v) is 15.6. The summed E-state index contributed by atoms with van der Waals surface area (Å²) in [7, 11) is 2.93. The molecule has 25 heteroatoms. The minimum absolute atomic E-state index is 0. The fraction of sp³-hybridized carbons (Fsp3) is 0.750. The van der Waals surface area contributed by atoms with Crippen LogP contribution in [0.5, 0.6) is 0 Å². The third-order valence-corrected chi connectivity index (χ3v) is 6.88. The van der Waals surface area contributed by atoms with Crippen molar-refractivity contribution in [2.45, 2.75) is 75.1 Å². The van der Waals surface area contributed by atoms with Gasteiger partial charge in [-0.25, -0.2) is 28.8 Å². The molecule has 3 aliphatic heterocycles. The maximum Gasteiger partial charge on any atom is 1.00 e. The van der Waals surface area contributed by atoms with Crippen LogP contribution in [-0.2, 0) is 47.4 Å². The number of ether oxygens (including phenoxy) is 9. The third kappa shape index (κ3) is 26.2. The molecule has 3 fully saturated rings. The molecular weight excluding hydrogens is 747 g/mol. The fourth-order valence-electron chi connectivity index (χ4n) is 4.54. The average molecular weight is 799 g/mol. The van der Waals surface area contributed by atoms with Gasteiger partial charge in [-0.3, -0.25) is 0 Å². The minimum Gasteiger partial charge on any atom is -0.870 e. The maximum absolute atomic E-state index is 11.7. The van der Waals surface area contributed by atoms with Gasteiger partial charge in [0.15, 0.2) is 0 Å². The van der Waals surface area contributed by atoms with Gasteiger partial charge in [-0.2, -0.15) is 0 Å². The third-order valence-electron chi connectivity index (χ3n) is 6.88. The minimum atomic E-state index is -0.824. The monoisotopic (exact) mass is 798 g/mol. The van der Waals surface area contributed by atoms with Gasteiger partial charge < -0.3 is 91.1 Å². The molecule has 3 aliphatic rings. The summed E-state index contributed by atoms with van der Waals surface area (Å²) in [5, 5.41) is 9.43. The zero-order valence-corrected chi connectivity index (χ0v) is 33.1. The van der Waals surface area contributed by atoms with E-state index in [9.17, 15) is 28.8 Å². The van der Waals surface area contributed by atoms with E-state index in [1.54, 1.807) is 0 Å². The van der Waals surface area contributed by atoms with E-state index in [1.807, 2.05) is 6.79 Å². The largest absolute Gasteiger partial charge is 1.00 e. The van der Waals surface area contributed by atoms with E-state index in [0.29, 0.717) is 25.7 Å². The number of alkyl carbamates (subject to hydrolysis) is 4. The van der Waals surface area contributed by atoms with Crippen molar-refractivity contribution in [3.63, 3.8) is 0 Å². The van der Waals surface area contributed by atoms with Gasteiger partial charge in [0.05, 0.1) is 43.3 Å². The van der Waals surface area contributed by atoms with Gasteiger partial charge in [0, 0.05) is 14.1 Å². The Balaban J connectivity index is -0.00000106. The smallest absolute Gasteiger partial charge is 0.870 e. The van der Waals surface area contributed by atoms with Crippen LogP contribution >= 0.6 is 0 Å². The molecule has 0 bridgehead atoms. The van der Waals surface area contributed by atoms with Crippen molar-refractivity contribution in [1.29, 1.82) is 0 Å². The molecule has 3 saturated heterocycles. The van der Waals surface area contributed by atoms with E-state index in [1.165, 1.54) is 14.1 Å². The van der Waals surface area contributed by atoms with Crippen LogP contribution in [0.15, 0.2) is 0 Å². The quantitative estimate of drug-likeness (QED) is 0.0550. The summed E-state index contributed by atoms with van der Waals surface area (Å²) in [6.45, 7) is 2.41. The first-order valence-electron chi connectivity index (χ1n) is 15.6. The van der Waals surface area contributed by atoms with Crippen LogP contribution in [-0.4, -0.2) is 151 Å². The second-order valence-corrected chi connectivity index (χ2v) is 10.6. The summed E-state index contributed by atoms with van der Waals surface area (Å²) in [6.07, 6.45) is -1.38. The van der Waals surface area contributed by atoms with Gasteiger partial charge >= 0.3 is 87.9 Å². The molecule has 11 N–H and O–H groups in total. The van der Waals surface area contributed by atoms with Gasteiger partial charge in [0.1, 0.15) is 46.4 Å². The Morgan fingerprint density at radius 3 is 0.981 bits per heavy atom. The number of amides is 6. The van der Waals surface area contributed by atoms with Gasteiger partial charge in [0.25, 0.3) is 0 Å². The van der Waals surface area contributed by atoms with Gasteiger partial charge in [-0.05, 0) is 38.5 Å².